The Morgan fingerprint density at radius 1 is 1.43 bits per heavy atom. The molecule has 1 aromatic carbocycles. The van der Waals surface area contributed by atoms with E-state index in [0.717, 1.165) is 18.2 Å². The summed E-state index contributed by atoms with van der Waals surface area (Å²) in [6, 6.07) is 3.07. The highest BCUT2D eigenvalue weighted by atomic mass is 32.2. The number of aromatic hydroxyl groups is 1. The van der Waals surface area contributed by atoms with Gasteiger partial charge in [-0.3, -0.25) is 4.68 Å². The van der Waals surface area contributed by atoms with Gasteiger partial charge in [-0.15, -0.1) is 0 Å². The topological polar surface area (TPSA) is 122 Å². The van der Waals surface area contributed by atoms with Gasteiger partial charge in [0, 0.05) is 25.4 Å². The summed E-state index contributed by atoms with van der Waals surface area (Å²) in [7, 11) is -2.18. The zero-order valence-corrected chi connectivity index (χ0v) is 11.8. The van der Waals surface area contributed by atoms with Crippen LogP contribution in [0.4, 0.5) is 0 Å². The van der Waals surface area contributed by atoms with Crippen LogP contribution in [0.1, 0.15) is 15.9 Å². The number of aromatic carboxylic acids is 1. The van der Waals surface area contributed by atoms with Crippen LogP contribution in [-0.2, 0) is 23.6 Å². The summed E-state index contributed by atoms with van der Waals surface area (Å²) < 4.78 is 28.0. The summed E-state index contributed by atoms with van der Waals surface area (Å²) in [5, 5.41) is 22.2. The van der Waals surface area contributed by atoms with Gasteiger partial charge in [0.25, 0.3) is 0 Å². The molecular formula is C12H13N3O5S. The van der Waals surface area contributed by atoms with Gasteiger partial charge in [-0.1, -0.05) is 0 Å². The fraction of sp³-hybridized carbons (Fsp3) is 0.167. The van der Waals surface area contributed by atoms with Crippen molar-refractivity contribution in [2.45, 2.75) is 11.4 Å². The molecule has 0 amide bonds. The minimum absolute atomic E-state index is 0.0272. The summed E-state index contributed by atoms with van der Waals surface area (Å²) >= 11 is 0. The Labute approximate surface area is 120 Å². The zero-order chi connectivity index (χ0) is 15.6. The minimum Gasteiger partial charge on any atom is -0.507 e. The molecule has 2 rings (SSSR count). The summed E-state index contributed by atoms with van der Waals surface area (Å²) in [6.45, 7) is 0.0272. The molecule has 1 heterocycles. The van der Waals surface area contributed by atoms with Gasteiger partial charge in [0.15, 0.2) is 0 Å². The highest BCUT2D eigenvalue weighted by Gasteiger charge is 2.18. The molecule has 8 nitrogen and oxygen atoms in total. The SMILES string of the molecule is Cn1cc(CNS(=O)(=O)c2ccc(O)c(C(=O)O)c2)cn1. The maximum atomic E-state index is 12.1. The lowest BCUT2D eigenvalue weighted by Gasteiger charge is -2.07. The summed E-state index contributed by atoms with van der Waals surface area (Å²) in [6.07, 6.45) is 3.17. The molecule has 3 N–H and O–H groups in total. The van der Waals surface area contributed by atoms with Crippen LogP contribution in [0.25, 0.3) is 0 Å². The number of phenols is 1. The summed E-state index contributed by atoms with van der Waals surface area (Å²) in [5.41, 5.74) is 0.192. The number of carboxylic acids is 1. The number of aromatic nitrogens is 2. The highest BCUT2D eigenvalue weighted by Crippen LogP contribution is 2.21. The van der Waals surface area contributed by atoms with Crippen LogP contribution >= 0.6 is 0 Å². The number of benzene rings is 1. The number of hydrogen-bond donors (Lipinski definition) is 3. The van der Waals surface area contributed by atoms with Gasteiger partial charge in [0.1, 0.15) is 11.3 Å². The van der Waals surface area contributed by atoms with E-state index in [1.807, 2.05) is 0 Å². The molecule has 2 aromatic rings. The van der Waals surface area contributed by atoms with Gasteiger partial charge in [0.05, 0.1) is 11.1 Å². The van der Waals surface area contributed by atoms with E-state index in [1.165, 1.54) is 10.9 Å². The van der Waals surface area contributed by atoms with E-state index in [4.69, 9.17) is 5.11 Å². The molecule has 9 heteroatoms. The van der Waals surface area contributed by atoms with Crippen LogP contribution in [-0.4, -0.2) is 34.4 Å². The maximum Gasteiger partial charge on any atom is 0.339 e. The molecule has 0 saturated carbocycles. The van der Waals surface area contributed by atoms with Crippen molar-refractivity contribution in [1.82, 2.24) is 14.5 Å². The number of carbonyl (C=O) groups is 1. The molecular weight excluding hydrogens is 298 g/mol. The lowest BCUT2D eigenvalue weighted by molar-refractivity contribution is 0.0693. The quantitative estimate of drug-likeness (QED) is 0.730. The normalized spacial score (nSPS) is 11.5. The molecule has 0 unspecified atom stereocenters. The number of aryl methyl sites for hydroxylation is 1. The number of carboxylic acid groups (broad SMARTS) is 1. The standard InChI is InChI=1S/C12H13N3O5S/c1-15-7-8(5-13-15)6-14-21(19,20)9-2-3-11(16)10(4-9)12(17)18/h2-5,7,14,16H,6H2,1H3,(H,17,18). The molecule has 0 aliphatic rings. The lowest BCUT2D eigenvalue weighted by atomic mass is 10.2. The molecule has 0 spiro atoms. The second-order valence-corrected chi connectivity index (χ2v) is 6.10. The molecule has 0 radical (unpaired) electrons. The predicted molar refractivity (Wildman–Crippen MR) is 72.3 cm³/mol. The molecule has 0 saturated heterocycles. The van der Waals surface area contributed by atoms with Crippen LogP contribution in [0.15, 0.2) is 35.5 Å². The average Bonchev–Trinajstić information content (AvgIpc) is 2.82. The van der Waals surface area contributed by atoms with E-state index in [9.17, 15) is 18.3 Å². The zero-order valence-electron chi connectivity index (χ0n) is 11.0. The van der Waals surface area contributed by atoms with Gasteiger partial charge in [0.2, 0.25) is 10.0 Å². The Bertz CT molecular complexity index is 782. The van der Waals surface area contributed by atoms with Crippen molar-refractivity contribution < 1.29 is 23.4 Å². The fourth-order valence-electron chi connectivity index (χ4n) is 1.68. The first-order valence-electron chi connectivity index (χ1n) is 5.83. The summed E-state index contributed by atoms with van der Waals surface area (Å²) in [5.74, 6) is -1.90. The molecule has 112 valence electrons. The minimum atomic E-state index is -3.88. The van der Waals surface area contributed by atoms with E-state index in [-0.39, 0.29) is 11.4 Å². The van der Waals surface area contributed by atoms with Crippen molar-refractivity contribution in [3.05, 3.63) is 41.7 Å². The summed E-state index contributed by atoms with van der Waals surface area (Å²) in [4.78, 5) is 10.7. The molecule has 0 aliphatic heterocycles. The van der Waals surface area contributed by atoms with E-state index in [0.29, 0.717) is 5.56 Å². The number of nitrogens with zero attached hydrogens (tertiary/aromatic N) is 2. The third-order valence-electron chi connectivity index (χ3n) is 2.73. The number of nitrogens with one attached hydrogen (secondary N) is 1. The van der Waals surface area contributed by atoms with Gasteiger partial charge >= 0.3 is 5.97 Å². The highest BCUT2D eigenvalue weighted by molar-refractivity contribution is 7.89. The lowest BCUT2D eigenvalue weighted by Crippen LogP contribution is -2.23. The first-order valence-corrected chi connectivity index (χ1v) is 7.31. The molecule has 0 bridgehead atoms. The van der Waals surface area contributed by atoms with Crippen LogP contribution < -0.4 is 4.72 Å². The van der Waals surface area contributed by atoms with E-state index >= 15 is 0 Å². The van der Waals surface area contributed by atoms with Crippen LogP contribution in [0.2, 0.25) is 0 Å². The second-order valence-electron chi connectivity index (χ2n) is 4.33. The van der Waals surface area contributed by atoms with Crippen molar-refractivity contribution in [2.75, 3.05) is 0 Å². The van der Waals surface area contributed by atoms with E-state index in [2.05, 4.69) is 9.82 Å². The second kappa shape index (κ2) is 5.54. The first-order chi connectivity index (χ1) is 9.79. The molecule has 0 fully saturated rings. The third kappa shape index (κ3) is 3.38. The molecule has 0 aliphatic carbocycles. The largest absolute Gasteiger partial charge is 0.507 e. The maximum absolute atomic E-state index is 12.1. The van der Waals surface area contributed by atoms with Gasteiger partial charge in [-0.25, -0.2) is 17.9 Å². The van der Waals surface area contributed by atoms with Crippen molar-refractivity contribution in [3.8, 4) is 5.75 Å². The van der Waals surface area contributed by atoms with Crippen molar-refractivity contribution in [2.24, 2.45) is 7.05 Å². The van der Waals surface area contributed by atoms with Crippen LogP contribution in [0, 0.1) is 0 Å². The molecule has 21 heavy (non-hydrogen) atoms. The average molecular weight is 311 g/mol. The Balaban J connectivity index is 2.23. The van der Waals surface area contributed by atoms with Crippen molar-refractivity contribution in [1.29, 1.82) is 0 Å². The van der Waals surface area contributed by atoms with Crippen LogP contribution in [0.3, 0.4) is 0 Å². The van der Waals surface area contributed by atoms with Crippen molar-refractivity contribution >= 4 is 16.0 Å². The van der Waals surface area contributed by atoms with Gasteiger partial charge < -0.3 is 10.2 Å². The van der Waals surface area contributed by atoms with E-state index < -0.39 is 27.3 Å². The smallest absolute Gasteiger partial charge is 0.339 e. The fourth-order valence-corrected chi connectivity index (χ4v) is 2.72. The van der Waals surface area contributed by atoms with Gasteiger partial charge in [-0.2, -0.15) is 5.10 Å². The Hall–Kier alpha value is -2.39. The first kappa shape index (κ1) is 15.0. The monoisotopic (exact) mass is 311 g/mol. The number of sulfonamides is 1. The Morgan fingerprint density at radius 3 is 2.71 bits per heavy atom. The Morgan fingerprint density at radius 2 is 2.14 bits per heavy atom. The van der Waals surface area contributed by atoms with Gasteiger partial charge in [-0.05, 0) is 18.2 Å². The van der Waals surface area contributed by atoms with E-state index in [1.54, 1.807) is 13.2 Å². The Kier molecular flexibility index (Phi) is 3.96. The predicted octanol–water partition coefficient (Wildman–Crippen LogP) is 0.302. The van der Waals surface area contributed by atoms with Crippen molar-refractivity contribution in [3.63, 3.8) is 0 Å². The molecule has 0 atom stereocenters. The molecule has 1 aromatic heterocycles. The number of rotatable bonds is 5. The third-order valence-corrected chi connectivity index (χ3v) is 4.13. The van der Waals surface area contributed by atoms with Crippen LogP contribution in [0.5, 0.6) is 5.75 Å². The number of hydrogen-bond acceptors (Lipinski definition) is 5.